The van der Waals surface area contributed by atoms with E-state index in [1.54, 1.807) is 29.1 Å². The smallest absolute Gasteiger partial charge is 0.246 e. The standard InChI is InChI=1S/C23H25FN4O3/c1-27-15-18(14-25-27)22(28-9-11-30-12-10-28)23(29)26-20-3-2-4-21(13-20)31-16-17-5-7-19(24)8-6-17/h2-8,13-15,22H,9-12,16H2,1H3,(H,26,29)/t22-/m0/s1. The summed E-state index contributed by atoms with van der Waals surface area (Å²) in [5.41, 5.74) is 2.34. The number of nitrogens with zero attached hydrogens (tertiary/aromatic N) is 3. The van der Waals surface area contributed by atoms with Crippen LogP contribution in [0.15, 0.2) is 60.9 Å². The van der Waals surface area contributed by atoms with Gasteiger partial charge in [-0.3, -0.25) is 14.4 Å². The van der Waals surface area contributed by atoms with E-state index in [2.05, 4.69) is 15.3 Å². The van der Waals surface area contributed by atoms with Crippen LogP contribution in [-0.4, -0.2) is 46.9 Å². The molecule has 1 N–H and O–H groups in total. The molecule has 7 nitrogen and oxygen atoms in total. The molecule has 1 aromatic heterocycles. The van der Waals surface area contributed by atoms with E-state index in [-0.39, 0.29) is 11.7 Å². The molecule has 1 fully saturated rings. The minimum atomic E-state index is -0.457. The molecule has 3 aromatic rings. The highest BCUT2D eigenvalue weighted by molar-refractivity contribution is 5.95. The number of aryl methyl sites for hydroxylation is 1. The molecule has 0 spiro atoms. The van der Waals surface area contributed by atoms with E-state index in [9.17, 15) is 9.18 Å². The van der Waals surface area contributed by atoms with Gasteiger partial charge in [0.1, 0.15) is 24.2 Å². The van der Waals surface area contributed by atoms with Crippen molar-refractivity contribution in [2.24, 2.45) is 7.05 Å². The molecule has 1 saturated heterocycles. The Morgan fingerprint density at radius 1 is 1.23 bits per heavy atom. The highest BCUT2D eigenvalue weighted by atomic mass is 19.1. The van der Waals surface area contributed by atoms with Crippen molar-refractivity contribution in [1.82, 2.24) is 14.7 Å². The van der Waals surface area contributed by atoms with E-state index >= 15 is 0 Å². The van der Waals surface area contributed by atoms with Crippen LogP contribution >= 0.6 is 0 Å². The SMILES string of the molecule is Cn1cc([C@@H](C(=O)Nc2cccc(OCc3ccc(F)cc3)c2)N2CCOCC2)cn1. The molecule has 1 atom stereocenters. The van der Waals surface area contributed by atoms with E-state index in [1.165, 1.54) is 12.1 Å². The minimum Gasteiger partial charge on any atom is -0.489 e. The molecule has 2 heterocycles. The van der Waals surface area contributed by atoms with Crippen molar-refractivity contribution in [2.45, 2.75) is 12.6 Å². The van der Waals surface area contributed by atoms with Gasteiger partial charge in [-0.25, -0.2) is 4.39 Å². The van der Waals surface area contributed by atoms with Gasteiger partial charge in [0.2, 0.25) is 5.91 Å². The maximum absolute atomic E-state index is 13.2. The van der Waals surface area contributed by atoms with Gasteiger partial charge in [0, 0.05) is 43.7 Å². The van der Waals surface area contributed by atoms with Gasteiger partial charge in [0.25, 0.3) is 0 Å². The fraction of sp³-hybridized carbons (Fsp3) is 0.304. The van der Waals surface area contributed by atoms with Crippen molar-refractivity contribution in [3.8, 4) is 5.75 Å². The van der Waals surface area contributed by atoms with Crippen molar-refractivity contribution in [1.29, 1.82) is 0 Å². The van der Waals surface area contributed by atoms with E-state index in [0.29, 0.717) is 44.3 Å². The fourth-order valence-corrected chi connectivity index (χ4v) is 3.57. The topological polar surface area (TPSA) is 68.6 Å². The lowest BCUT2D eigenvalue weighted by molar-refractivity contribution is -0.123. The number of nitrogens with one attached hydrogen (secondary N) is 1. The zero-order valence-electron chi connectivity index (χ0n) is 17.3. The molecule has 1 aliphatic rings. The molecule has 0 bridgehead atoms. The first-order chi connectivity index (χ1) is 15.1. The van der Waals surface area contributed by atoms with E-state index < -0.39 is 6.04 Å². The van der Waals surface area contributed by atoms with Crippen LogP contribution in [-0.2, 0) is 23.2 Å². The number of hydrogen-bond acceptors (Lipinski definition) is 5. The van der Waals surface area contributed by atoms with Gasteiger partial charge < -0.3 is 14.8 Å². The number of amides is 1. The van der Waals surface area contributed by atoms with Crippen LogP contribution in [0.25, 0.3) is 0 Å². The van der Waals surface area contributed by atoms with Crippen LogP contribution in [0.4, 0.5) is 10.1 Å². The Labute approximate surface area is 180 Å². The summed E-state index contributed by atoms with van der Waals surface area (Å²) in [6, 6.07) is 13.0. The summed E-state index contributed by atoms with van der Waals surface area (Å²) in [6.07, 6.45) is 3.59. The summed E-state index contributed by atoms with van der Waals surface area (Å²) in [5.74, 6) is 0.203. The zero-order valence-corrected chi connectivity index (χ0v) is 17.3. The molecule has 0 saturated carbocycles. The van der Waals surface area contributed by atoms with Crippen molar-refractivity contribution >= 4 is 11.6 Å². The van der Waals surface area contributed by atoms with Gasteiger partial charge in [-0.1, -0.05) is 18.2 Å². The molecule has 1 amide bonds. The first-order valence-electron chi connectivity index (χ1n) is 10.2. The molecule has 2 aromatic carbocycles. The van der Waals surface area contributed by atoms with Crippen LogP contribution in [0.1, 0.15) is 17.2 Å². The third-order valence-electron chi connectivity index (χ3n) is 5.12. The first kappa shape index (κ1) is 21.0. The van der Waals surface area contributed by atoms with Crippen LogP contribution in [0.5, 0.6) is 5.75 Å². The molecule has 0 radical (unpaired) electrons. The monoisotopic (exact) mass is 424 g/mol. The molecule has 0 aliphatic carbocycles. The quantitative estimate of drug-likeness (QED) is 0.631. The predicted molar refractivity (Wildman–Crippen MR) is 114 cm³/mol. The maximum atomic E-state index is 13.2. The minimum absolute atomic E-state index is 0.134. The van der Waals surface area contributed by atoms with Gasteiger partial charge in [-0.2, -0.15) is 5.10 Å². The summed E-state index contributed by atoms with van der Waals surface area (Å²) < 4.78 is 26.0. The van der Waals surface area contributed by atoms with Crippen LogP contribution in [0.2, 0.25) is 0 Å². The third kappa shape index (κ3) is 5.48. The molecule has 4 rings (SSSR count). The van der Waals surface area contributed by atoms with Crippen LogP contribution < -0.4 is 10.1 Å². The molecular formula is C23H25FN4O3. The van der Waals surface area contributed by atoms with Gasteiger partial charge in [-0.05, 0) is 29.8 Å². The molecule has 1 aliphatic heterocycles. The van der Waals surface area contributed by atoms with E-state index in [0.717, 1.165) is 11.1 Å². The summed E-state index contributed by atoms with van der Waals surface area (Å²) in [7, 11) is 1.83. The van der Waals surface area contributed by atoms with Crippen molar-refractivity contribution in [3.63, 3.8) is 0 Å². The Kier molecular flexibility index (Phi) is 6.59. The van der Waals surface area contributed by atoms with Gasteiger partial charge >= 0.3 is 0 Å². The number of morpholine rings is 1. The summed E-state index contributed by atoms with van der Waals surface area (Å²) >= 11 is 0. The summed E-state index contributed by atoms with van der Waals surface area (Å²) in [4.78, 5) is 15.3. The lowest BCUT2D eigenvalue weighted by atomic mass is 10.1. The Bertz CT molecular complexity index is 1020. The van der Waals surface area contributed by atoms with Crippen molar-refractivity contribution in [2.75, 3.05) is 31.6 Å². The zero-order chi connectivity index (χ0) is 21.6. The molecule has 0 unspecified atom stereocenters. The second-order valence-electron chi connectivity index (χ2n) is 7.43. The normalized spacial score (nSPS) is 15.4. The number of benzene rings is 2. The van der Waals surface area contributed by atoms with Gasteiger partial charge in [-0.15, -0.1) is 0 Å². The number of rotatable bonds is 7. The lowest BCUT2D eigenvalue weighted by Crippen LogP contribution is -2.43. The largest absolute Gasteiger partial charge is 0.489 e. The van der Waals surface area contributed by atoms with Crippen molar-refractivity contribution in [3.05, 3.63) is 77.9 Å². The number of anilines is 1. The third-order valence-corrected chi connectivity index (χ3v) is 5.12. The number of aromatic nitrogens is 2. The Morgan fingerprint density at radius 3 is 2.71 bits per heavy atom. The Morgan fingerprint density at radius 2 is 2.00 bits per heavy atom. The lowest BCUT2D eigenvalue weighted by Gasteiger charge is -2.33. The molecule has 31 heavy (non-hydrogen) atoms. The molecular weight excluding hydrogens is 399 g/mol. The molecule has 8 heteroatoms. The fourth-order valence-electron chi connectivity index (χ4n) is 3.57. The van der Waals surface area contributed by atoms with E-state index in [4.69, 9.17) is 9.47 Å². The maximum Gasteiger partial charge on any atom is 0.246 e. The number of hydrogen-bond donors (Lipinski definition) is 1. The first-order valence-corrected chi connectivity index (χ1v) is 10.2. The Hall–Kier alpha value is -3.23. The second-order valence-corrected chi connectivity index (χ2v) is 7.43. The van der Waals surface area contributed by atoms with Crippen molar-refractivity contribution < 1.29 is 18.7 Å². The number of carbonyl (C=O) groups excluding carboxylic acids is 1. The number of ether oxygens (including phenoxy) is 2. The predicted octanol–water partition coefficient (Wildman–Crippen LogP) is 3.15. The second kappa shape index (κ2) is 9.72. The highest BCUT2D eigenvalue weighted by Gasteiger charge is 2.30. The van der Waals surface area contributed by atoms with Crippen LogP contribution in [0, 0.1) is 5.82 Å². The summed E-state index contributed by atoms with van der Waals surface area (Å²) in [6.45, 7) is 2.85. The average Bonchev–Trinajstić information content (AvgIpc) is 3.20. The Balaban J connectivity index is 1.45. The van der Waals surface area contributed by atoms with E-state index in [1.807, 2.05) is 31.4 Å². The average molecular weight is 424 g/mol. The van der Waals surface area contributed by atoms with Crippen LogP contribution in [0.3, 0.4) is 0 Å². The van der Waals surface area contributed by atoms with Gasteiger partial charge in [0.15, 0.2) is 0 Å². The van der Waals surface area contributed by atoms with Gasteiger partial charge in [0.05, 0.1) is 19.4 Å². The number of carbonyl (C=O) groups is 1. The number of halogens is 1. The highest BCUT2D eigenvalue weighted by Crippen LogP contribution is 2.25. The summed E-state index contributed by atoms with van der Waals surface area (Å²) in [5, 5.41) is 7.23. The molecule has 162 valence electrons.